The average Bonchev–Trinajstić information content (AvgIpc) is 2.33. The molecule has 1 aromatic carbocycles. The van der Waals surface area contributed by atoms with Gasteiger partial charge in [-0.3, -0.25) is 0 Å². The van der Waals surface area contributed by atoms with Crippen molar-refractivity contribution in [3.63, 3.8) is 0 Å². The predicted molar refractivity (Wildman–Crippen MR) is 71.6 cm³/mol. The summed E-state index contributed by atoms with van der Waals surface area (Å²) in [6.07, 6.45) is 2.82. The van der Waals surface area contributed by atoms with E-state index in [1.165, 1.54) is 0 Å². The van der Waals surface area contributed by atoms with Crippen molar-refractivity contribution in [1.82, 2.24) is 0 Å². The van der Waals surface area contributed by atoms with E-state index < -0.39 is 9.84 Å². The lowest BCUT2D eigenvalue weighted by atomic mass is 10.1. The van der Waals surface area contributed by atoms with Crippen molar-refractivity contribution in [3.8, 4) is 0 Å². The van der Waals surface area contributed by atoms with Gasteiger partial charge in [0.15, 0.2) is 9.84 Å². The lowest BCUT2D eigenvalue weighted by molar-refractivity contribution is 0.0305. The van der Waals surface area contributed by atoms with Crippen molar-refractivity contribution >= 4 is 9.84 Å². The highest BCUT2D eigenvalue weighted by atomic mass is 32.2. The Hall–Kier alpha value is -0.870. The van der Waals surface area contributed by atoms with Crippen LogP contribution in [0.5, 0.6) is 0 Å². The minimum Gasteiger partial charge on any atom is -0.377 e. The molecule has 1 atom stereocenters. The summed E-state index contributed by atoms with van der Waals surface area (Å²) in [5, 5.41) is 0. The molecule has 1 aromatic rings. The van der Waals surface area contributed by atoms with E-state index in [-0.39, 0.29) is 11.9 Å². The van der Waals surface area contributed by atoms with Gasteiger partial charge >= 0.3 is 0 Å². The smallest absolute Gasteiger partial charge is 0.180 e. The Morgan fingerprint density at radius 1 is 1.22 bits per heavy atom. The Balaban J connectivity index is 2.16. The minimum atomic E-state index is -3.22. The van der Waals surface area contributed by atoms with E-state index in [0.717, 1.165) is 30.4 Å². The zero-order chi connectivity index (χ0) is 13.2. The standard InChI is InChI=1S/C14H20O3S/c1-11-6-7-14(9-12(11)2)18(15,16)10-13-5-3-4-8-17-13/h6-7,9,13H,3-5,8,10H2,1-2H3. The van der Waals surface area contributed by atoms with Gasteiger partial charge in [-0.2, -0.15) is 0 Å². The summed E-state index contributed by atoms with van der Waals surface area (Å²) in [5.41, 5.74) is 2.13. The van der Waals surface area contributed by atoms with Crippen LogP contribution in [0.1, 0.15) is 30.4 Å². The first-order chi connectivity index (χ1) is 8.49. The quantitative estimate of drug-likeness (QED) is 0.846. The van der Waals surface area contributed by atoms with Gasteiger partial charge in [0.1, 0.15) is 0 Å². The van der Waals surface area contributed by atoms with Crippen molar-refractivity contribution < 1.29 is 13.2 Å². The monoisotopic (exact) mass is 268 g/mol. The van der Waals surface area contributed by atoms with E-state index >= 15 is 0 Å². The summed E-state index contributed by atoms with van der Waals surface area (Å²) in [6, 6.07) is 5.32. The van der Waals surface area contributed by atoms with E-state index in [4.69, 9.17) is 4.74 Å². The molecule has 100 valence electrons. The predicted octanol–water partition coefficient (Wildman–Crippen LogP) is 2.65. The maximum absolute atomic E-state index is 12.3. The zero-order valence-corrected chi connectivity index (χ0v) is 11.8. The van der Waals surface area contributed by atoms with E-state index in [2.05, 4.69) is 0 Å². The van der Waals surface area contributed by atoms with Crippen LogP contribution in [0.3, 0.4) is 0 Å². The fraction of sp³-hybridized carbons (Fsp3) is 0.571. The number of hydrogen-bond acceptors (Lipinski definition) is 3. The first-order valence-electron chi connectivity index (χ1n) is 6.41. The largest absolute Gasteiger partial charge is 0.377 e. The van der Waals surface area contributed by atoms with E-state index in [0.29, 0.717) is 11.5 Å². The molecule has 1 fully saturated rings. The van der Waals surface area contributed by atoms with Crippen LogP contribution in [0.25, 0.3) is 0 Å². The summed E-state index contributed by atoms with van der Waals surface area (Å²) < 4.78 is 30.1. The van der Waals surface area contributed by atoms with Gasteiger partial charge in [-0.05, 0) is 56.4 Å². The van der Waals surface area contributed by atoms with Crippen molar-refractivity contribution in [3.05, 3.63) is 29.3 Å². The lowest BCUT2D eigenvalue weighted by Crippen LogP contribution is -2.27. The van der Waals surface area contributed by atoms with Crippen LogP contribution >= 0.6 is 0 Å². The van der Waals surface area contributed by atoms with Gasteiger partial charge in [-0.1, -0.05) is 6.07 Å². The highest BCUT2D eigenvalue weighted by molar-refractivity contribution is 7.91. The Labute approximate surface area is 109 Å². The fourth-order valence-electron chi connectivity index (χ4n) is 2.19. The van der Waals surface area contributed by atoms with Crippen LogP contribution < -0.4 is 0 Å². The van der Waals surface area contributed by atoms with Gasteiger partial charge in [-0.15, -0.1) is 0 Å². The molecule has 1 aliphatic heterocycles. The molecule has 3 nitrogen and oxygen atoms in total. The van der Waals surface area contributed by atoms with E-state index in [1.807, 2.05) is 19.9 Å². The molecule has 0 bridgehead atoms. The molecule has 1 saturated heterocycles. The molecule has 0 aliphatic carbocycles. The molecule has 0 amide bonds. The SMILES string of the molecule is Cc1ccc(S(=O)(=O)CC2CCCCO2)cc1C. The highest BCUT2D eigenvalue weighted by Gasteiger charge is 2.23. The van der Waals surface area contributed by atoms with Gasteiger partial charge in [0, 0.05) is 6.61 Å². The summed E-state index contributed by atoms with van der Waals surface area (Å²) >= 11 is 0. The third-order valence-electron chi connectivity index (χ3n) is 3.52. The van der Waals surface area contributed by atoms with Gasteiger partial charge in [0.05, 0.1) is 16.8 Å². The number of hydrogen-bond donors (Lipinski definition) is 0. The highest BCUT2D eigenvalue weighted by Crippen LogP contribution is 2.20. The fourth-order valence-corrected chi connectivity index (χ4v) is 3.76. The Morgan fingerprint density at radius 2 is 2.00 bits per heavy atom. The lowest BCUT2D eigenvalue weighted by Gasteiger charge is -2.22. The third-order valence-corrected chi connectivity index (χ3v) is 5.30. The summed E-state index contributed by atoms with van der Waals surface area (Å²) in [4.78, 5) is 0.416. The van der Waals surface area contributed by atoms with Crippen molar-refractivity contribution in [2.24, 2.45) is 0 Å². The molecule has 4 heteroatoms. The second-order valence-corrected chi connectivity index (χ2v) is 7.05. The number of ether oxygens (including phenoxy) is 1. The molecule has 0 aromatic heterocycles. The van der Waals surface area contributed by atoms with E-state index in [9.17, 15) is 8.42 Å². The molecule has 1 aliphatic rings. The van der Waals surface area contributed by atoms with Crippen molar-refractivity contribution in [2.75, 3.05) is 12.4 Å². The van der Waals surface area contributed by atoms with Gasteiger partial charge in [-0.25, -0.2) is 8.42 Å². The van der Waals surface area contributed by atoms with Crippen LogP contribution in [0.4, 0.5) is 0 Å². The van der Waals surface area contributed by atoms with Crippen LogP contribution in [0.2, 0.25) is 0 Å². The molecule has 0 radical (unpaired) electrons. The number of rotatable bonds is 3. The summed E-state index contributed by atoms with van der Waals surface area (Å²) in [6.45, 7) is 4.61. The topological polar surface area (TPSA) is 43.4 Å². The van der Waals surface area contributed by atoms with E-state index in [1.54, 1.807) is 12.1 Å². The molecule has 0 saturated carbocycles. The van der Waals surface area contributed by atoms with Crippen LogP contribution in [0, 0.1) is 13.8 Å². The third kappa shape index (κ3) is 3.12. The summed E-state index contributed by atoms with van der Waals surface area (Å²) in [7, 11) is -3.22. The number of sulfone groups is 1. The Kier molecular flexibility index (Phi) is 4.07. The van der Waals surface area contributed by atoms with Crippen LogP contribution in [-0.4, -0.2) is 26.9 Å². The van der Waals surface area contributed by atoms with Gasteiger partial charge < -0.3 is 4.74 Å². The second kappa shape index (κ2) is 5.41. The molecular weight excluding hydrogens is 248 g/mol. The van der Waals surface area contributed by atoms with Crippen LogP contribution in [0.15, 0.2) is 23.1 Å². The normalized spacial score (nSPS) is 20.9. The molecule has 1 heterocycles. The second-order valence-electron chi connectivity index (χ2n) is 5.02. The summed E-state index contributed by atoms with van der Waals surface area (Å²) in [5.74, 6) is 0.107. The molecule has 0 spiro atoms. The first-order valence-corrected chi connectivity index (χ1v) is 8.06. The Bertz CT molecular complexity index is 514. The maximum atomic E-state index is 12.3. The first kappa shape index (κ1) is 13.6. The van der Waals surface area contributed by atoms with Crippen LogP contribution in [-0.2, 0) is 14.6 Å². The van der Waals surface area contributed by atoms with Gasteiger partial charge in [0.25, 0.3) is 0 Å². The maximum Gasteiger partial charge on any atom is 0.180 e. The number of benzene rings is 1. The molecule has 0 N–H and O–H groups in total. The van der Waals surface area contributed by atoms with Crippen molar-refractivity contribution in [2.45, 2.75) is 44.1 Å². The molecule has 18 heavy (non-hydrogen) atoms. The molecule has 1 unspecified atom stereocenters. The molecular formula is C14H20O3S. The van der Waals surface area contributed by atoms with Crippen molar-refractivity contribution in [1.29, 1.82) is 0 Å². The Morgan fingerprint density at radius 3 is 2.61 bits per heavy atom. The molecule has 2 rings (SSSR count). The van der Waals surface area contributed by atoms with Gasteiger partial charge in [0.2, 0.25) is 0 Å². The number of aryl methyl sites for hydroxylation is 2. The zero-order valence-electron chi connectivity index (χ0n) is 11.0. The minimum absolute atomic E-state index is 0.107. The average molecular weight is 268 g/mol.